The number of nitrogens with two attached hydrogens (primary N) is 1. The Labute approximate surface area is 88.2 Å². The monoisotopic (exact) mass is 212 g/mol. The van der Waals surface area contributed by atoms with E-state index in [4.69, 9.17) is 5.73 Å². The van der Waals surface area contributed by atoms with Crippen LogP contribution >= 0.6 is 11.8 Å². The molecule has 0 aliphatic carbocycles. The van der Waals surface area contributed by atoms with Crippen molar-refractivity contribution in [2.45, 2.75) is 18.9 Å². The summed E-state index contributed by atoms with van der Waals surface area (Å²) in [6.07, 6.45) is 4.34. The van der Waals surface area contributed by atoms with E-state index in [0.717, 1.165) is 17.3 Å². The maximum atomic E-state index is 5.81. The van der Waals surface area contributed by atoms with Crippen molar-refractivity contribution >= 4 is 23.3 Å². The lowest BCUT2D eigenvalue weighted by Crippen LogP contribution is -2.26. The number of rotatable bonds is 2. The third kappa shape index (κ3) is 2.15. The van der Waals surface area contributed by atoms with Gasteiger partial charge in [-0.15, -0.1) is 0 Å². The normalized spacial score (nSPS) is 22.2. The number of hydrogen-bond acceptors (Lipinski definition) is 4. The van der Waals surface area contributed by atoms with E-state index in [1.807, 2.05) is 25.0 Å². The van der Waals surface area contributed by atoms with Crippen LogP contribution in [-0.2, 0) is 7.05 Å². The van der Waals surface area contributed by atoms with Gasteiger partial charge in [-0.1, -0.05) is 0 Å². The largest absolute Gasteiger partial charge is 0.394 e. The molecule has 1 aromatic heterocycles. The van der Waals surface area contributed by atoms with Gasteiger partial charge in [0.15, 0.2) is 5.82 Å². The molecule has 0 amide bonds. The van der Waals surface area contributed by atoms with E-state index in [1.54, 1.807) is 4.68 Å². The molecule has 0 bridgehead atoms. The van der Waals surface area contributed by atoms with Gasteiger partial charge in [0.2, 0.25) is 0 Å². The van der Waals surface area contributed by atoms with Gasteiger partial charge >= 0.3 is 0 Å². The van der Waals surface area contributed by atoms with Gasteiger partial charge in [0.05, 0.1) is 5.69 Å². The van der Waals surface area contributed by atoms with Gasteiger partial charge in [-0.3, -0.25) is 4.68 Å². The summed E-state index contributed by atoms with van der Waals surface area (Å²) in [4.78, 5) is 0. The highest BCUT2D eigenvalue weighted by molar-refractivity contribution is 7.99. The molecule has 2 heterocycles. The Morgan fingerprint density at radius 1 is 1.71 bits per heavy atom. The average Bonchev–Trinajstić information content (AvgIpc) is 2.47. The highest BCUT2D eigenvalue weighted by Crippen LogP contribution is 2.22. The second-order valence-corrected chi connectivity index (χ2v) is 4.81. The van der Waals surface area contributed by atoms with Crippen molar-refractivity contribution in [1.29, 1.82) is 0 Å². The molecule has 0 aromatic carbocycles. The van der Waals surface area contributed by atoms with E-state index < -0.39 is 0 Å². The summed E-state index contributed by atoms with van der Waals surface area (Å²) in [5.41, 5.74) is 6.54. The fourth-order valence-corrected chi connectivity index (χ4v) is 2.74. The van der Waals surface area contributed by atoms with Crippen molar-refractivity contribution in [3.8, 4) is 0 Å². The quantitative estimate of drug-likeness (QED) is 0.776. The molecule has 4 nitrogen and oxygen atoms in total. The van der Waals surface area contributed by atoms with Crippen molar-refractivity contribution in [3.63, 3.8) is 0 Å². The first-order chi connectivity index (χ1) is 6.75. The van der Waals surface area contributed by atoms with Crippen molar-refractivity contribution in [2.24, 2.45) is 7.05 Å². The molecule has 78 valence electrons. The molecule has 3 N–H and O–H groups in total. The number of aromatic nitrogens is 2. The molecule has 14 heavy (non-hydrogen) atoms. The van der Waals surface area contributed by atoms with Crippen LogP contribution in [0.3, 0.4) is 0 Å². The van der Waals surface area contributed by atoms with Gasteiger partial charge in [0, 0.05) is 25.0 Å². The van der Waals surface area contributed by atoms with Crippen molar-refractivity contribution < 1.29 is 0 Å². The molecular formula is C9H16N4S. The van der Waals surface area contributed by atoms with Crippen molar-refractivity contribution in [1.82, 2.24) is 9.78 Å². The molecular weight excluding hydrogens is 196 g/mol. The maximum absolute atomic E-state index is 5.81. The van der Waals surface area contributed by atoms with Gasteiger partial charge in [0.25, 0.3) is 0 Å². The predicted octanol–water partition coefficient (Wildman–Crippen LogP) is 1.31. The summed E-state index contributed by atoms with van der Waals surface area (Å²) >= 11 is 2.00. The molecule has 1 aliphatic rings. The summed E-state index contributed by atoms with van der Waals surface area (Å²) < 4.78 is 1.74. The van der Waals surface area contributed by atoms with Crippen LogP contribution in [0.2, 0.25) is 0 Å². The van der Waals surface area contributed by atoms with Crippen LogP contribution in [-0.4, -0.2) is 27.3 Å². The van der Waals surface area contributed by atoms with E-state index in [-0.39, 0.29) is 0 Å². The van der Waals surface area contributed by atoms with Crippen LogP contribution in [0.4, 0.5) is 11.5 Å². The van der Waals surface area contributed by atoms with Gasteiger partial charge < -0.3 is 11.1 Å². The summed E-state index contributed by atoms with van der Waals surface area (Å²) in [5.74, 6) is 3.28. The standard InChI is InChI=1S/C9H16N4S/c1-13-5-8(10)9(12-13)11-7-3-2-4-14-6-7/h5,7H,2-4,6,10H2,1H3,(H,11,12). The Hall–Kier alpha value is -0.840. The third-order valence-corrected chi connectivity index (χ3v) is 3.57. The van der Waals surface area contributed by atoms with E-state index in [0.29, 0.717) is 6.04 Å². The zero-order chi connectivity index (χ0) is 9.97. The molecule has 0 spiro atoms. The molecule has 1 fully saturated rings. The van der Waals surface area contributed by atoms with Crippen molar-refractivity contribution in [3.05, 3.63) is 6.20 Å². The SMILES string of the molecule is Cn1cc(N)c(NC2CCCSC2)n1. The van der Waals surface area contributed by atoms with Crippen LogP contribution < -0.4 is 11.1 Å². The molecule has 1 saturated heterocycles. The minimum Gasteiger partial charge on any atom is -0.394 e. The molecule has 1 unspecified atom stereocenters. The number of thioether (sulfide) groups is 1. The Morgan fingerprint density at radius 3 is 3.14 bits per heavy atom. The lowest BCUT2D eigenvalue weighted by Gasteiger charge is -2.22. The number of aryl methyl sites for hydroxylation is 1. The smallest absolute Gasteiger partial charge is 0.171 e. The van der Waals surface area contributed by atoms with Crippen LogP contribution in [0.15, 0.2) is 6.20 Å². The predicted molar refractivity (Wildman–Crippen MR) is 61.6 cm³/mol. The van der Waals surface area contributed by atoms with Gasteiger partial charge in [0.1, 0.15) is 0 Å². The summed E-state index contributed by atoms with van der Waals surface area (Å²) in [7, 11) is 1.89. The van der Waals surface area contributed by atoms with Crippen LogP contribution in [0.25, 0.3) is 0 Å². The number of hydrogen-bond donors (Lipinski definition) is 2. The zero-order valence-electron chi connectivity index (χ0n) is 8.36. The minimum atomic E-state index is 0.533. The lowest BCUT2D eigenvalue weighted by molar-refractivity contribution is 0.676. The molecule has 1 aliphatic heterocycles. The first-order valence-corrected chi connectivity index (χ1v) is 6.04. The Morgan fingerprint density at radius 2 is 2.57 bits per heavy atom. The highest BCUT2D eigenvalue weighted by Gasteiger charge is 2.15. The van der Waals surface area contributed by atoms with Gasteiger partial charge in [-0.2, -0.15) is 16.9 Å². The summed E-state index contributed by atoms with van der Waals surface area (Å²) in [6.45, 7) is 0. The molecule has 5 heteroatoms. The Kier molecular flexibility index (Phi) is 2.86. The Balaban J connectivity index is 1.98. The zero-order valence-corrected chi connectivity index (χ0v) is 9.18. The highest BCUT2D eigenvalue weighted by atomic mass is 32.2. The topological polar surface area (TPSA) is 55.9 Å². The molecule has 1 aromatic rings. The molecule has 0 radical (unpaired) electrons. The first kappa shape index (κ1) is 9.71. The van der Waals surface area contributed by atoms with Crippen LogP contribution in [0, 0.1) is 0 Å². The fourth-order valence-electron chi connectivity index (χ4n) is 1.67. The molecule has 2 rings (SSSR count). The summed E-state index contributed by atoms with van der Waals surface area (Å²) in [5, 5.41) is 7.67. The first-order valence-electron chi connectivity index (χ1n) is 4.89. The maximum Gasteiger partial charge on any atom is 0.171 e. The van der Waals surface area contributed by atoms with Gasteiger partial charge in [-0.25, -0.2) is 0 Å². The average molecular weight is 212 g/mol. The second-order valence-electron chi connectivity index (χ2n) is 3.67. The number of anilines is 2. The van der Waals surface area contributed by atoms with E-state index in [9.17, 15) is 0 Å². The number of nitrogens with one attached hydrogen (secondary N) is 1. The van der Waals surface area contributed by atoms with Crippen LogP contribution in [0.5, 0.6) is 0 Å². The van der Waals surface area contributed by atoms with Crippen LogP contribution in [0.1, 0.15) is 12.8 Å². The molecule has 1 atom stereocenters. The lowest BCUT2D eigenvalue weighted by atomic mass is 10.2. The summed E-state index contributed by atoms with van der Waals surface area (Å²) in [6, 6.07) is 0.533. The number of nitrogen functional groups attached to an aromatic ring is 1. The third-order valence-electron chi connectivity index (χ3n) is 2.36. The van der Waals surface area contributed by atoms with Gasteiger partial charge in [-0.05, 0) is 18.6 Å². The molecule has 0 saturated carbocycles. The van der Waals surface area contributed by atoms with Crippen molar-refractivity contribution in [2.75, 3.05) is 22.6 Å². The number of nitrogens with zero attached hydrogens (tertiary/aromatic N) is 2. The minimum absolute atomic E-state index is 0.533. The fraction of sp³-hybridized carbons (Fsp3) is 0.667. The Bertz CT molecular complexity index is 304. The second kappa shape index (κ2) is 4.13. The van der Waals surface area contributed by atoms with E-state index in [2.05, 4.69) is 10.4 Å². The van der Waals surface area contributed by atoms with E-state index in [1.165, 1.54) is 18.6 Å². The van der Waals surface area contributed by atoms with E-state index >= 15 is 0 Å².